The van der Waals surface area contributed by atoms with Gasteiger partial charge in [0.15, 0.2) is 17.5 Å². The van der Waals surface area contributed by atoms with Crippen LogP contribution in [0.15, 0.2) is 22.7 Å². The van der Waals surface area contributed by atoms with Crippen LogP contribution in [0.25, 0.3) is 0 Å². The fourth-order valence-electron chi connectivity index (χ4n) is 1.29. The summed E-state index contributed by atoms with van der Waals surface area (Å²) in [5.41, 5.74) is -0.267. The predicted octanol–water partition coefficient (Wildman–Crippen LogP) is 4.81. The van der Waals surface area contributed by atoms with E-state index in [1.54, 1.807) is 0 Å². The fourth-order valence-corrected chi connectivity index (χ4v) is 2.95. The van der Waals surface area contributed by atoms with Crippen LogP contribution in [-0.4, -0.2) is 5.78 Å². The molecule has 0 fully saturated rings. The van der Waals surface area contributed by atoms with E-state index in [1.165, 1.54) is 6.07 Å². The van der Waals surface area contributed by atoms with Gasteiger partial charge in [-0.1, -0.05) is 11.6 Å². The minimum Gasteiger partial charge on any atom is -0.288 e. The molecule has 0 aliphatic heterocycles. The maximum Gasteiger partial charge on any atom is 0.203 e. The summed E-state index contributed by atoms with van der Waals surface area (Å²) >= 11 is 9.84. The Balaban J connectivity index is 2.46. The van der Waals surface area contributed by atoms with Crippen LogP contribution < -0.4 is 0 Å². The molecule has 1 nitrogen and oxygen atoms in total. The second-order valence-corrected chi connectivity index (χ2v) is 5.82. The fraction of sp³-hybridized carbons (Fsp3) is 0. The van der Waals surface area contributed by atoms with Crippen molar-refractivity contribution in [1.29, 1.82) is 0 Å². The monoisotopic (exact) mass is 354 g/mol. The Morgan fingerprint density at radius 1 is 1.17 bits per heavy atom. The zero-order chi connectivity index (χ0) is 13.4. The first-order valence-electron chi connectivity index (χ1n) is 4.54. The minimum atomic E-state index is -1.60. The molecule has 0 saturated heterocycles. The van der Waals surface area contributed by atoms with Gasteiger partial charge >= 0.3 is 0 Å². The molecule has 0 aliphatic carbocycles. The van der Waals surface area contributed by atoms with Crippen LogP contribution in [0.3, 0.4) is 0 Å². The van der Waals surface area contributed by atoms with Crippen LogP contribution in [0.2, 0.25) is 4.34 Å². The van der Waals surface area contributed by atoms with Gasteiger partial charge in [-0.3, -0.25) is 4.79 Å². The number of rotatable bonds is 2. The quantitative estimate of drug-likeness (QED) is 0.558. The Morgan fingerprint density at radius 3 is 2.17 bits per heavy atom. The Morgan fingerprint density at radius 2 is 1.72 bits per heavy atom. The van der Waals surface area contributed by atoms with Gasteiger partial charge in [-0.15, -0.1) is 11.3 Å². The van der Waals surface area contributed by atoms with E-state index >= 15 is 0 Å². The molecule has 18 heavy (non-hydrogen) atoms. The summed E-state index contributed by atoms with van der Waals surface area (Å²) in [7, 11) is 0. The highest BCUT2D eigenvalue weighted by atomic mass is 79.9. The molecule has 2 aromatic rings. The third kappa shape index (κ3) is 2.46. The van der Waals surface area contributed by atoms with Gasteiger partial charge in [-0.05, 0) is 34.1 Å². The molecule has 0 aliphatic rings. The van der Waals surface area contributed by atoms with Crippen molar-refractivity contribution in [2.75, 3.05) is 0 Å². The Labute approximate surface area is 117 Å². The molecule has 0 radical (unpaired) electrons. The van der Waals surface area contributed by atoms with Crippen molar-refractivity contribution >= 4 is 44.7 Å². The molecule has 1 heterocycles. The Hall–Kier alpha value is -0.850. The first-order chi connectivity index (χ1) is 8.40. The zero-order valence-corrected chi connectivity index (χ0v) is 11.6. The van der Waals surface area contributed by atoms with Gasteiger partial charge in [0.05, 0.1) is 4.88 Å². The second kappa shape index (κ2) is 5.03. The van der Waals surface area contributed by atoms with Gasteiger partial charge < -0.3 is 0 Å². The summed E-state index contributed by atoms with van der Waals surface area (Å²) < 4.78 is 39.6. The predicted molar refractivity (Wildman–Crippen MR) is 66.8 cm³/mol. The van der Waals surface area contributed by atoms with Crippen LogP contribution in [0, 0.1) is 17.5 Å². The van der Waals surface area contributed by atoms with Gasteiger partial charge in [0.25, 0.3) is 0 Å². The molecular weight excluding hydrogens is 353 g/mol. The molecular formula is C11H3BrClF3OS. The number of ketones is 1. The van der Waals surface area contributed by atoms with Crippen LogP contribution >= 0.6 is 38.9 Å². The molecule has 1 aromatic heterocycles. The Kier molecular flexibility index (Phi) is 3.79. The van der Waals surface area contributed by atoms with Crippen molar-refractivity contribution in [2.24, 2.45) is 0 Å². The maximum absolute atomic E-state index is 13.0. The van der Waals surface area contributed by atoms with Crippen LogP contribution in [0.5, 0.6) is 0 Å². The highest BCUT2D eigenvalue weighted by molar-refractivity contribution is 9.10. The standard InChI is InChI=1S/C11H3BrClF3OS/c12-5-3-8(18-11(5)13)10(17)4-1-6(14)9(16)7(15)2-4/h1-3H. The average Bonchev–Trinajstić information content (AvgIpc) is 2.65. The molecule has 94 valence electrons. The highest BCUT2D eigenvalue weighted by Crippen LogP contribution is 2.33. The lowest BCUT2D eigenvalue weighted by Gasteiger charge is -2.00. The number of carbonyl (C=O) groups is 1. The van der Waals surface area contributed by atoms with Crippen LogP contribution in [0.4, 0.5) is 13.2 Å². The lowest BCUT2D eigenvalue weighted by molar-refractivity contribution is 0.104. The van der Waals surface area contributed by atoms with Crippen LogP contribution in [-0.2, 0) is 0 Å². The summed E-state index contributed by atoms with van der Waals surface area (Å²) in [5.74, 6) is -5.03. The number of thiophene rings is 1. The molecule has 1 aromatic carbocycles. The number of hydrogen-bond acceptors (Lipinski definition) is 2. The van der Waals surface area contributed by atoms with E-state index < -0.39 is 23.2 Å². The first kappa shape index (κ1) is 13.6. The van der Waals surface area contributed by atoms with Gasteiger partial charge in [0.2, 0.25) is 5.78 Å². The second-order valence-electron chi connectivity index (χ2n) is 3.32. The Bertz CT molecular complexity index is 599. The maximum atomic E-state index is 13.0. The van der Waals surface area contributed by atoms with E-state index in [9.17, 15) is 18.0 Å². The minimum absolute atomic E-state index is 0.206. The lowest BCUT2D eigenvalue weighted by Crippen LogP contribution is -2.02. The topological polar surface area (TPSA) is 17.1 Å². The van der Waals surface area contributed by atoms with Crippen molar-refractivity contribution in [2.45, 2.75) is 0 Å². The third-order valence-corrected chi connectivity index (χ3v) is 4.59. The number of hydrogen-bond donors (Lipinski definition) is 0. The summed E-state index contributed by atoms with van der Waals surface area (Å²) in [6, 6.07) is 2.75. The van der Waals surface area contributed by atoms with Crippen molar-refractivity contribution in [1.82, 2.24) is 0 Å². The average molecular weight is 356 g/mol. The molecule has 0 amide bonds. The molecule has 0 saturated carbocycles. The molecule has 0 unspecified atom stereocenters. The van der Waals surface area contributed by atoms with Crippen molar-refractivity contribution in [3.05, 3.63) is 54.9 Å². The molecule has 0 atom stereocenters. The SMILES string of the molecule is O=C(c1cc(F)c(F)c(F)c1)c1cc(Br)c(Cl)s1. The van der Waals surface area contributed by atoms with E-state index in [2.05, 4.69) is 15.9 Å². The summed E-state index contributed by atoms with van der Waals surface area (Å²) in [4.78, 5) is 12.1. The summed E-state index contributed by atoms with van der Waals surface area (Å²) in [5, 5.41) is 0. The van der Waals surface area contributed by atoms with E-state index in [-0.39, 0.29) is 10.4 Å². The van der Waals surface area contributed by atoms with E-state index in [4.69, 9.17) is 11.6 Å². The van der Waals surface area contributed by atoms with E-state index in [1.807, 2.05) is 0 Å². The van der Waals surface area contributed by atoms with Crippen molar-refractivity contribution in [3.63, 3.8) is 0 Å². The van der Waals surface area contributed by atoms with Crippen molar-refractivity contribution in [3.8, 4) is 0 Å². The summed E-state index contributed by atoms with van der Waals surface area (Å²) in [6.07, 6.45) is 0. The number of halogens is 5. The van der Waals surface area contributed by atoms with Gasteiger partial charge in [0.1, 0.15) is 4.34 Å². The first-order valence-corrected chi connectivity index (χ1v) is 6.53. The molecule has 0 N–H and O–H groups in total. The summed E-state index contributed by atoms with van der Waals surface area (Å²) in [6.45, 7) is 0. The smallest absolute Gasteiger partial charge is 0.203 e. The highest BCUT2D eigenvalue weighted by Gasteiger charge is 2.18. The van der Waals surface area contributed by atoms with Gasteiger partial charge in [-0.25, -0.2) is 13.2 Å². The number of carbonyl (C=O) groups excluding carboxylic acids is 1. The zero-order valence-electron chi connectivity index (χ0n) is 8.44. The van der Waals surface area contributed by atoms with Gasteiger partial charge in [-0.2, -0.15) is 0 Å². The molecule has 0 spiro atoms. The van der Waals surface area contributed by atoms with Crippen molar-refractivity contribution < 1.29 is 18.0 Å². The van der Waals surface area contributed by atoms with E-state index in [0.29, 0.717) is 20.9 Å². The number of benzene rings is 1. The van der Waals surface area contributed by atoms with Crippen LogP contribution in [0.1, 0.15) is 15.2 Å². The van der Waals surface area contributed by atoms with Gasteiger partial charge in [0, 0.05) is 10.0 Å². The molecule has 7 heteroatoms. The lowest BCUT2D eigenvalue weighted by atomic mass is 10.1. The molecule has 0 bridgehead atoms. The molecule has 2 rings (SSSR count). The van der Waals surface area contributed by atoms with E-state index in [0.717, 1.165) is 11.3 Å². The normalized spacial score (nSPS) is 10.7. The third-order valence-electron chi connectivity index (χ3n) is 2.11. The largest absolute Gasteiger partial charge is 0.288 e.